The van der Waals surface area contributed by atoms with E-state index < -0.39 is 0 Å². The van der Waals surface area contributed by atoms with Gasteiger partial charge in [-0.05, 0) is 48.7 Å². The number of hydrogen-bond acceptors (Lipinski definition) is 4. The predicted octanol–water partition coefficient (Wildman–Crippen LogP) is 6.60. The molecule has 4 aromatic rings. The fourth-order valence-electron chi connectivity index (χ4n) is 3.08. The Morgan fingerprint density at radius 2 is 1.79 bits per heavy atom. The van der Waals surface area contributed by atoms with Crippen LogP contribution in [0.1, 0.15) is 31.9 Å². The fraction of sp³-hybridized carbons (Fsp3) is 0.174. The first-order valence-corrected chi connectivity index (χ1v) is 9.78. The van der Waals surface area contributed by atoms with Crippen LogP contribution in [0, 0.1) is 0 Å². The third-order valence-corrected chi connectivity index (χ3v) is 5.21. The van der Waals surface area contributed by atoms with Crippen molar-refractivity contribution >= 4 is 34.0 Å². The van der Waals surface area contributed by atoms with Gasteiger partial charge in [-0.15, -0.1) is 0 Å². The average Bonchev–Trinajstić information content (AvgIpc) is 2.73. The van der Waals surface area contributed by atoms with E-state index in [1.807, 2.05) is 60.8 Å². The number of hydrogen-bond donors (Lipinski definition) is 1. The molecule has 0 fully saturated rings. The third-order valence-electron chi connectivity index (χ3n) is 4.88. The monoisotopic (exact) mass is 388 g/mol. The van der Waals surface area contributed by atoms with Crippen molar-refractivity contribution in [2.75, 3.05) is 5.32 Å². The molecule has 0 aliphatic carbocycles. The second kappa shape index (κ2) is 7.95. The van der Waals surface area contributed by atoms with Gasteiger partial charge in [0.1, 0.15) is 5.82 Å². The molecule has 2 aromatic heterocycles. The molecular weight excluding hydrogens is 368 g/mol. The highest BCUT2D eigenvalue weighted by atomic mass is 35.5. The second-order valence-electron chi connectivity index (χ2n) is 6.80. The average molecular weight is 389 g/mol. The van der Waals surface area contributed by atoms with Crippen LogP contribution < -0.4 is 5.32 Å². The van der Waals surface area contributed by atoms with Crippen LogP contribution in [0.4, 0.5) is 11.5 Å². The fourth-order valence-corrected chi connectivity index (χ4v) is 3.30. The zero-order valence-electron chi connectivity index (χ0n) is 15.9. The molecule has 1 N–H and O–H groups in total. The van der Waals surface area contributed by atoms with Crippen LogP contribution in [0.2, 0.25) is 5.02 Å². The Bertz CT molecular complexity index is 1130. The molecule has 140 valence electrons. The Hall–Kier alpha value is -2.98. The molecule has 0 radical (unpaired) electrons. The molecule has 4 nitrogen and oxygen atoms in total. The topological polar surface area (TPSA) is 50.7 Å². The summed E-state index contributed by atoms with van der Waals surface area (Å²) in [6, 6.07) is 19.6. The van der Waals surface area contributed by atoms with E-state index >= 15 is 0 Å². The number of nitrogens with one attached hydrogen (secondary N) is 1. The Labute approximate surface area is 169 Å². The van der Waals surface area contributed by atoms with Gasteiger partial charge < -0.3 is 5.32 Å². The Kier molecular flexibility index (Phi) is 5.22. The third kappa shape index (κ3) is 3.69. The van der Waals surface area contributed by atoms with Gasteiger partial charge in [0.2, 0.25) is 0 Å². The molecule has 0 amide bonds. The normalized spacial score (nSPS) is 12.1. The summed E-state index contributed by atoms with van der Waals surface area (Å²) >= 11 is 6.39. The van der Waals surface area contributed by atoms with E-state index in [2.05, 4.69) is 30.2 Å². The van der Waals surface area contributed by atoms with E-state index in [1.165, 1.54) is 0 Å². The van der Waals surface area contributed by atoms with Crippen LogP contribution in [0.25, 0.3) is 22.3 Å². The zero-order valence-corrected chi connectivity index (χ0v) is 16.6. The van der Waals surface area contributed by atoms with Crippen molar-refractivity contribution in [2.24, 2.45) is 0 Å². The largest absolute Gasteiger partial charge is 0.339 e. The minimum atomic E-state index is 0.405. The molecule has 0 spiro atoms. The van der Waals surface area contributed by atoms with Crippen molar-refractivity contribution in [2.45, 2.75) is 26.2 Å². The zero-order chi connectivity index (χ0) is 19.5. The number of pyridine rings is 1. The lowest BCUT2D eigenvalue weighted by Crippen LogP contribution is -2.01. The molecule has 2 aromatic carbocycles. The Morgan fingerprint density at radius 3 is 2.61 bits per heavy atom. The highest BCUT2D eigenvalue weighted by molar-refractivity contribution is 6.33. The van der Waals surface area contributed by atoms with E-state index in [-0.39, 0.29) is 0 Å². The predicted molar refractivity (Wildman–Crippen MR) is 116 cm³/mol. The molecule has 0 aliphatic heterocycles. The molecule has 4 rings (SSSR count). The van der Waals surface area contributed by atoms with Crippen molar-refractivity contribution in [1.29, 1.82) is 0 Å². The van der Waals surface area contributed by atoms with Gasteiger partial charge in [0.15, 0.2) is 5.82 Å². The molecule has 5 heteroatoms. The number of nitrogens with zero attached hydrogens (tertiary/aromatic N) is 3. The quantitative estimate of drug-likeness (QED) is 0.418. The van der Waals surface area contributed by atoms with Crippen LogP contribution in [-0.4, -0.2) is 15.0 Å². The number of benzene rings is 2. The first kappa shape index (κ1) is 18.4. The number of rotatable bonds is 5. The van der Waals surface area contributed by atoms with Crippen LogP contribution in [0.3, 0.4) is 0 Å². The SMILES string of the molecule is CC[C@H](C)c1cc(Nc2nc(-c3ccccc3Cl)nc3ccccc23)ccn1. The lowest BCUT2D eigenvalue weighted by Gasteiger charge is -2.13. The van der Waals surface area contributed by atoms with Crippen molar-refractivity contribution in [3.8, 4) is 11.4 Å². The van der Waals surface area contributed by atoms with E-state index in [0.717, 1.165) is 40.1 Å². The maximum Gasteiger partial charge on any atom is 0.163 e. The van der Waals surface area contributed by atoms with Crippen molar-refractivity contribution in [3.05, 3.63) is 77.6 Å². The molecule has 2 heterocycles. The minimum absolute atomic E-state index is 0.405. The lowest BCUT2D eigenvalue weighted by molar-refractivity contribution is 0.708. The van der Waals surface area contributed by atoms with Gasteiger partial charge in [0.05, 0.1) is 10.5 Å². The van der Waals surface area contributed by atoms with Gasteiger partial charge in [-0.3, -0.25) is 4.98 Å². The smallest absolute Gasteiger partial charge is 0.163 e. The minimum Gasteiger partial charge on any atom is -0.339 e. The van der Waals surface area contributed by atoms with Crippen LogP contribution in [0.15, 0.2) is 66.9 Å². The van der Waals surface area contributed by atoms with E-state index in [4.69, 9.17) is 21.6 Å². The molecule has 0 saturated carbocycles. The summed E-state index contributed by atoms with van der Waals surface area (Å²) in [5.74, 6) is 1.76. The molecule has 0 saturated heterocycles. The number of halogens is 1. The summed E-state index contributed by atoms with van der Waals surface area (Å²) in [4.78, 5) is 14.0. The van der Waals surface area contributed by atoms with Gasteiger partial charge in [0, 0.05) is 28.5 Å². The van der Waals surface area contributed by atoms with E-state index in [0.29, 0.717) is 16.8 Å². The second-order valence-corrected chi connectivity index (χ2v) is 7.20. The maximum atomic E-state index is 6.39. The Balaban J connectivity index is 1.81. The standard InChI is InChI=1S/C23H21ClN4/c1-3-15(2)21-14-16(12-13-25-21)26-23-18-9-5-7-11-20(18)27-22(28-23)17-8-4-6-10-19(17)24/h4-15H,3H2,1-2H3,(H,25,26,27,28)/t15-/m0/s1. The summed E-state index contributed by atoms with van der Waals surface area (Å²) in [5.41, 5.74) is 3.70. The van der Waals surface area contributed by atoms with Crippen LogP contribution in [-0.2, 0) is 0 Å². The lowest BCUT2D eigenvalue weighted by atomic mass is 10.0. The first-order valence-electron chi connectivity index (χ1n) is 9.40. The molecule has 0 aliphatic rings. The number of para-hydroxylation sites is 1. The summed E-state index contributed by atoms with van der Waals surface area (Å²) in [5, 5.41) is 5.05. The van der Waals surface area contributed by atoms with Gasteiger partial charge in [-0.2, -0.15) is 0 Å². The van der Waals surface area contributed by atoms with Crippen molar-refractivity contribution < 1.29 is 0 Å². The van der Waals surface area contributed by atoms with Crippen molar-refractivity contribution in [1.82, 2.24) is 15.0 Å². The van der Waals surface area contributed by atoms with Crippen LogP contribution >= 0.6 is 11.6 Å². The number of fused-ring (bicyclic) bond motifs is 1. The number of aromatic nitrogens is 3. The summed E-state index contributed by atoms with van der Waals surface area (Å²) < 4.78 is 0. The molecule has 1 atom stereocenters. The highest BCUT2D eigenvalue weighted by Gasteiger charge is 2.12. The molecule has 0 unspecified atom stereocenters. The first-order chi connectivity index (χ1) is 13.7. The van der Waals surface area contributed by atoms with Crippen molar-refractivity contribution in [3.63, 3.8) is 0 Å². The van der Waals surface area contributed by atoms with E-state index in [9.17, 15) is 0 Å². The van der Waals surface area contributed by atoms with Gasteiger partial charge in [0.25, 0.3) is 0 Å². The molecule has 28 heavy (non-hydrogen) atoms. The Morgan fingerprint density at radius 1 is 1.00 bits per heavy atom. The number of anilines is 2. The van der Waals surface area contributed by atoms with Gasteiger partial charge in [-0.25, -0.2) is 9.97 Å². The van der Waals surface area contributed by atoms with Gasteiger partial charge in [-0.1, -0.05) is 49.7 Å². The maximum absolute atomic E-state index is 6.39. The molecular formula is C23H21ClN4. The van der Waals surface area contributed by atoms with E-state index in [1.54, 1.807) is 0 Å². The van der Waals surface area contributed by atoms with Gasteiger partial charge >= 0.3 is 0 Å². The summed E-state index contributed by atoms with van der Waals surface area (Å²) in [6.07, 6.45) is 2.88. The highest BCUT2D eigenvalue weighted by Crippen LogP contribution is 2.31. The van der Waals surface area contributed by atoms with Crippen LogP contribution in [0.5, 0.6) is 0 Å². The summed E-state index contributed by atoms with van der Waals surface area (Å²) in [6.45, 7) is 4.35. The molecule has 0 bridgehead atoms. The summed E-state index contributed by atoms with van der Waals surface area (Å²) in [7, 11) is 0.